The molecule has 1 aliphatic heterocycles. The molecule has 0 aliphatic carbocycles. The average molecular weight is 447 g/mol. The van der Waals surface area contributed by atoms with Crippen LogP contribution in [-0.4, -0.2) is 21.8 Å². The van der Waals surface area contributed by atoms with Crippen LogP contribution in [-0.2, 0) is 11.2 Å². The lowest BCUT2D eigenvalue weighted by Gasteiger charge is -2.37. The van der Waals surface area contributed by atoms with Gasteiger partial charge in [0, 0.05) is 0 Å². The fraction of sp³-hybridized carbons (Fsp3) is 0.750. The number of carbonyl (C=O) groups is 1. The van der Waals surface area contributed by atoms with Gasteiger partial charge in [-0.05, 0) is 87.5 Å². The van der Waals surface area contributed by atoms with Crippen LogP contribution in [0.3, 0.4) is 0 Å². The van der Waals surface area contributed by atoms with Gasteiger partial charge in [0.15, 0.2) is 0 Å². The Morgan fingerprint density at radius 1 is 1.00 bits per heavy atom. The standard InChI is InChI=1S/C28H46O4/c1-19(12-8-14-21(3)27(30)31)10-7-11-20(2)13-9-16-28(6)17-15-24-18-25(29)22(4)23(5)26(24)32-28/h18-21,29H,7-17H2,1-6H3,(H,30,31). The summed E-state index contributed by atoms with van der Waals surface area (Å²) in [4.78, 5) is 10.9. The summed E-state index contributed by atoms with van der Waals surface area (Å²) in [5.41, 5.74) is 3.03. The molecule has 1 aliphatic rings. The Morgan fingerprint density at radius 2 is 1.56 bits per heavy atom. The number of aromatic hydroxyl groups is 1. The Hall–Kier alpha value is -1.71. The second-order valence-electron chi connectivity index (χ2n) is 10.9. The number of fused-ring (bicyclic) bond motifs is 1. The number of carboxylic acids is 1. The number of benzene rings is 1. The lowest BCUT2D eigenvalue weighted by atomic mass is 9.85. The summed E-state index contributed by atoms with van der Waals surface area (Å²) >= 11 is 0. The first-order chi connectivity index (χ1) is 15.0. The Morgan fingerprint density at radius 3 is 2.16 bits per heavy atom. The molecular formula is C28H46O4. The molecule has 0 aromatic heterocycles. The van der Waals surface area contributed by atoms with Gasteiger partial charge in [0.05, 0.1) is 5.92 Å². The molecule has 2 rings (SSSR count). The molecule has 4 atom stereocenters. The maximum atomic E-state index is 10.9. The third-order valence-electron chi connectivity index (χ3n) is 7.71. The van der Waals surface area contributed by atoms with Crippen molar-refractivity contribution in [3.8, 4) is 11.5 Å². The monoisotopic (exact) mass is 446 g/mol. The molecule has 0 saturated heterocycles. The SMILES string of the molecule is Cc1c(O)cc2c(c1C)OC(C)(CCCC(C)CCCC(C)CCCC(C)C(=O)O)CC2. The number of carboxylic acid groups (broad SMARTS) is 1. The first-order valence-corrected chi connectivity index (χ1v) is 12.8. The zero-order valence-corrected chi connectivity index (χ0v) is 21.3. The van der Waals surface area contributed by atoms with E-state index in [1.165, 1.54) is 32.1 Å². The van der Waals surface area contributed by atoms with Gasteiger partial charge in [0.1, 0.15) is 17.1 Å². The molecule has 1 aromatic rings. The normalized spacial score (nSPS) is 20.8. The zero-order valence-electron chi connectivity index (χ0n) is 21.3. The minimum atomic E-state index is -0.673. The van der Waals surface area contributed by atoms with Crippen molar-refractivity contribution in [2.45, 2.75) is 118 Å². The van der Waals surface area contributed by atoms with Crippen molar-refractivity contribution in [1.82, 2.24) is 0 Å². The van der Waals surface area contributed by atoms with Crippen LogP contribution in [0, 0.1) is 31.6 Å². The number of ether oxygens (including phenoxy) is 1. The van der Waals surface area contributed by atoms with Crippen molar-refractivity contribution >= 4 is 5.97 Å². The molecule has 4 unspecified atom stereocenters. The van der Waals surface area contributed by atoms with Gasteiger partial charge < -0.3 is 14.9 Å². The van der Waals surface area contributed by atoms with Gasteiger partial charge in [0.2, 0.25) is 0 Å². The molecule has 0 bridgehead atoms. The van der Waals surface area contributed by atoms with Gasteiger partial charge in [-0.1, -0.05) is 59.3 Å². The second-order valence-corrected chi connectivity index (χ2v) is 10.9. The van der Waals surface area contributed by atoms with Crippen molar-refractivity contribution < 1.29 is 19.7 Å². The van der Waals surface area contributed by atoms with E-state index >= 15 is 0 Å². The lowest BCUT2D eigenvalue weighted by molar-refractivity contribution is -0.141. The van der Waals surface area contributed by atoms with Crippen LogP contribution in [0.1, 0.15) is 109 Å². The Bertz CT molecular complexity index is 756. The van der Waals surface area contributed by atoms with Crippen LogP contribution in [0.15, 0.2) is 6.07 Å². The van der Waals surface area contributed by atoms with Gasteiger partial charge in [-0.15, -0.1) is 0 Å². The number of aliphatic carboxylic acids is 1. The minimum Gasteiger partial charge on any atom is -0.508 e. The highest BCUT2D eigenvalue weighted by Gasteiger charge is 2.33. The highest BCUT2D eigenvalue weighted by molar-refractivity contribution is 5.69. The minimum absolute atomic E-state index is 0.109. The van der Waals surface area contributed by atoms with E-state index in [-0.39, 0.29) is 11.5 Å². The van der Waals surface area contributed by atoms with E-state index in [9.17, 15) is 9.90 Å². The van der Waals surface area contributed by atoms with Crippen molar-refractivity contribution in [3.05, 3.63) is 22.8 Å². The highest BCUT2D eigenvalue weighted by Crippen LogP contribution is 2.42. The van der Waals surface area contributed by atoms with E-state index in [4.69, 9.17) is 9.84 Å². The van der Waals surface area contributed by atoms with Crippen molar-refractivity contribution in [2.75, 3.05) is 0 Å². The summed E-state index contributed by atoms with van der Waals surface area (Å²) in [7, 11) is 0. The van der Waals surface area contributed by atoms with Gasteiger partial charge >= 0.3 is 5.97 Å². The summed E-state index contributed by atoms with van der Waals surface area (Å²) in [6, 6.07) is 1.88. The van der Waals surface area contributed by atoms with Gasteiger partial charge in [0.25, 0.3) is 0 Å². The summed E-state index contributed by atoms with van der Waals surface area (Å²) < 4.78 is 6.50. The molecular weight excluding hydrogens is 400 g/mol. The zero-order chi connectivity index (χ0) is 23.9. The topological polar surface area (TPSA) is 66.8 Å². The first kappa shape index (κ1) is 26.5. The van der Waals surface area contributed by atoms with Crippen molar-refractivity contribution in [2.24, 2.45) is 17.8 Å². The molecule has 0 amide bonds. The molecule has 4 heteroatoms. The predicted molar refractivity (Wildman–Crippen MR) is 132 cm³/mol. The van der Waals surface area contributed by atoms with E-state index in [2.05, 4.69) is 27.7 Å². The molecule has 0 spiro atoms. The van der Waals surface area contributed by atoms with Crippen LogP contribution in [0.25, 0.3) is 0 Å². The van der Waals surface area contributed by atoms with Gasteiger partial charge in [-0.25, -0.2) is 0 Å². The van der Waals surface area contributed by atoms with E-state index in [1.54, 1.807) is 6.92 Å². The van der Waals surface area contributed by atoms with Crippen LogP contribution < -0.4 is 4.74 Å². The average Bonchev–Trinajstić information content (AvgIpc) is 2.72. The number of hydrogen-bond acceptors (Lipinski definition) is 3. The lowest BCUT2D eigenvalue weighted by Crippen LogP contribution is -2.36. The third-order valence-corrected chi connectivity index (χ3v) is 7.71. The van der Waals surface area contributed by atoms with E-state index in [1.807, 2.05) is 13.0 Å². The quantitative estimate of drug-likeness (QED) is 0.327. The predicted octanol–water partition coefficient (Wildman–Crippen LogP) is 7.60. The molecule has 2 N–H and O–H groups in total. The van der Waals surface area contributed by atoms with Crippen LogP contribution in [0.5, 0.6) is 11.5 Å². The maximum Gasteiger partial charge on any atom is 0.306 e. The third kappa shape index (κ3) is 7.71. The summed E-state index contributed by atoms with van der Waals surface area (Å²) in [5.74, 6) is 1.90. The molecule has 32 heavy (non-hydrogen) atoms. The summed E-state index contributed by atoms with van der Waals surface area (Å²) in [5, 5.41) is 19.1. The first-order valence-electron chi connectivity index (χ1n) is 12.8. The number of phenols is 1. The number of hydrogen-bond donors (Lipinski definition) is 2. The van der Waals surface area contributed by atoms with Gasteiger partial charge in [-0.3, -0.25) is 4.79 Å². The Balaban J connectivity index is 1.66. The van der Waals surface area contributed by atoms with Crippen molar-refractivity contribution in [3.63, 3.8) is 0 Å². The Labute approximate surface area is 195 Å². The molecule has 0 radical (unpaired) electrons. The smallest absolute Gasteiger partial charge is 0.306 e. The molecule has 182 valence electrons. The second kappa shape index (κ2) is 12.0. The number of rotatable bonds is 13. The molecule has 1 aromatic carbocycles. The molecule has 0 fully saturated rings. The van der Waals surface area contributed by atoms with E-state index in [0.29, 0.717) is 11.7 Å². The molecule has 1 heterocycles. The fourth-order valence-corrected chi connectivity index (χ4v) is 4.97. The van der Waals surface area contributed by atoms with Crippen LogP contribution in [0.2, 0.25) is 0 Å². The Kier molecular flexibility index (Phi) is 9.91. The van der Waals surface area contributed by atoms with Crippen LogP contribution >= 0.6 is 0 Å². The summed E-state index contributed by atoms with van der Waals surface area (Å²) in [6.45, 7) is 12.7. The largest absolute Gasteiger partial charge is 0.508 e. The molecule has 4 nitrogen and oxygen atoms in total. The van der Waals surface area contributed by atoms with Crippen molar-refractivity contribution in [1.29, 1.82) is 0 Å². The molecule has 0 saturated carbocycles. The number of aryl methyl sites for hydroxylation is 1. The highest BCUT2D eigenvalue weighted by atomic mass is 16.5. The fourth-order valence-electron chi connectivity index (χ4n) is 4.97. The summed E-state index contributed by atoms with van der Waals surface area (Å²) in [6.07, 6.45) is 12.2. The van der Waals surface area contributed by atoms with E-state index < -0.39 is 5.97 Å². The maximum absolute atomic E-state index is 10.9. The van der Waals surface area contributed by atoms with Crippen LogP contribution in [0.4, 0.5) is 0 Å². The number of phenolic OH excluding ortho intramolecular Hbond substituents is 1. The van der Waals surface area contributed by atoms with Gasteiger partial charge in [-0.2, -0.15) is 0 Å². The van der Waals surface area contributed by atoms with E-state index in [0.717, 1.165) is 66.9 Å².